The zero-order chi connectivity index (χ0) is 16.3. The fourth-order valence-electron chi connectivity index (χ4n) is 3.14. The summed E-state index contributed by atoms with van der Waals surface area (Å²) < 4.78 is 10.4. The molecular formula is C19H29NO3. The monoisotopic (exact) mass is 319 g/mol. The molecule has 1 fully saturated rings. The minimum atomic E-state index is 0.279. The van der Waals surface area contributed by atoms with Crippen LogP contribution in [0.3, 0.4) is 0 Å². The molecule has 4 nitrogen and oxygen atoms in total. The van der Waals surface area contributed by atoms with Gasteiger partial charge in [0.15, 0.2) is 0 Å². The van der Waals surface area contributed by atoms with Crippen molar-refractivity contribution in [3.8, 4) is 0 Å². The van der Waals surface area contributed by atoms with E-state index in [0.29, 0.717) is 32.3 Å². The summed E-state index contributed by atoms with van der Waals surface area (Å²) in [5.74, 6) is 0.279. The van der Waals surface area contributed by atoms with E-state index < -0.39 is 0 Å². The van der Waals surface area contributed by atoms with E-state index in [1.165, 1.54) is 12.0 Å². The number of amides is 1. The lowest BCUT2D eigenvalue weighted by Crippen LogP contribution is -2.44. The van der Waals surface area contributed by atoms with Crippen LogP contribution in [0.1, 0.15) is 37.7 Å². The molecule has 2 rings (SSSR count). The molecular weight excluding hydrogens is 290 g/mol. The Bertz CT molecular complexity index is 449. The molecule has 1 heterocycles. The van der Waals surface area contributed by atoms with Crippen molar-refractivity contribution in [2.24, 2.45) is 0 Å². The van der Waals surface area contributed by atoms with Crippen molar-refractivity contribution in [2.75, 3.05) is 33.5 Å². The average Bonchev–Trinajstić information content (AvgIpc) is 2.59. The minimum absolute atomic E-state index is 0.279. The maximum Gasteiger partial charge on any atom is 0.222 e. The molecule has 1 aliphatic heterocycles. The van der Waals surface area contributed by atoms with Crippen LogP contribution in [0.5, 0.6) is 0 Å². The van der Waals surface area contributed by atoms with Gasteiger partial charge in [0.1, 0.15) is 0 Å². The van der Waals surface area contributed by atoms with Crippen molar-refractivity contribution < 1.29 is 14.3 Å². The predicted octanol–water partition coefficient (Wildman–Crippen LogP) is 3.05. The first kappa shape index (κ1) is 18.0. The summed E-state index contributed by atoms with van der Waals surface area (Å²) in [5, 5.41) is 0. The van der Waals surface area contributed by atoms with Crippen molar-refractivity contribution in [1.82, 2.24) is 4.90 Å². The second-order valence-electron chi connectivity index (χ2n) is 6.14. The van der Waals surface area contributed by atoms with Crippen molar-refractivity contribution in [3.63, 3.8) is 0 Å². The van der Waals surface area contributed by atoms with Crippen LogP contribution in [-0.2, 0) is 20.7 Å². The van der Waals surface area contributed by atoms with E-state index in [9.17, 15) is 4.79 Å². The van der Waals surface area contributed by atoms with Crippen LogP contribution in [0.25, 0.3) is 0 Å². The van der Waals surface area contributed by atoms with E-state index in [2.05, 4.69) is 29.2 Å². The molecule has 0 saturated carbocycles. The first-order chi connectivity index (χ1) is 11.3. The van der Waals surface area contributed by atoms with Gasteiger partial charge in [-0.3, -0.25) is 4.79 Å². The molecule has 0 unspecified atom stereocenters. The molecule has 1 atom stereocenters. The SMILES string of the molecule is COCCOCCCC(=O)N1CCCC[C@H]1Cc1ccccc1. The van der Waals surface area contributed by atoms with Gasteiger partial charge in [0.25, 0.3) is 0 Å². The van der Waals surface area contributed by atoms with Gasteiger partial charge in [-0.15, -0.1) is 0 Å². The van der Waals surface area contributed by atoms with E-state index in [4.69, 9.17) is 9.47 Å². The second kappa shape index (κ2) is 10.4. The zero-order valence-electron chi connectivity index (χ0n) is 14.2. The number of carbonyl (C=O) groups excluding carboxylic acids is 1. The first-order valence-corrected chi connectivity index (χ1v) is 8.71. The van der Waals surface area contributed by atoms with E-state index in [-0.39, 0.29) is 5.91 Å². The molecule has 1 amide bonds. The molecule has 1 saturated heterocycles. The van der Waals surface area contributed by atoms with Crippen LogP contribution >= 0.6 is 0 Å². The molecule has 128 valence electrons. The Labute approximate surface area is 139 Å². The first-order valence-electron chi connectivity index (χ1n) is 8.71. The van der Waals surface area contributed by atoms with Gasteiger partial charge in [0, 0.05) is 32.7 Å². The molecule has 1 aliphatic rings. The highest BCUT2D eigenvalue weighted by Gasteiger charge is 2.26. The lowest BCUT2D eigenvalue weighted by molar-refractivity contribution is -0.135. The molecule has 0 bridgehead atoms. The zero-order valence-corrected chi connectivity index (χ0v) is 14.2. The highest BCUT2D eigenvalue weighted by Crippen LogP contribution is 2.21. The highest BCUT2D eigenvalue weighted by molar-refractivity contribution is 5.76. The van der Waals surface area contributed by atoms with Gasteiger partial charge in [-0.05, 0) is 37.7 Å². The van der Waals surface area contributed by atoms with Crippen molar-refractivity contribution in [3.05, 3.63) is 35.9 Å². The fraction of sp³-hybridized carbons (Fsp3) is 0.632. The average molecular weight is 319 g/mol. The Morgan fingerprint density at radius 2 is 2.00 bits per heavy atom. The Morgan fingerprint density at radius 1 is 1.17 bits per heavy atom. The molecule has 0 aromatic heterocycles. The number of likely N-dealkylation sites (tertiary alicyclic amines) is 1. The number of hydrogen-bond donors (Lipinski definition) is 0. The summed E-state index contributed by atoms with van der Waals surface area (Å²) in [6.07, 6.45) is 5.81. The molecule has 1 aromatic rings. The third-order valence-electron chi connectivity index (χ3n) is 4.37. The Hall–Kier alpha value is -1.39. The quantitative estimate of drug-likeness (QED) is 0.657. The number of carbonyl (C=O) groups is 1. The number of piperidine rings is 1. The van der Waals surface area contributed by atoms with Crippen LogP contribution in [0.4, 0.5) is 0 Å². The molecule has 0 N–H and O–H groups in total. The van der Waals surface area contributed by atoms with E-state index in [0.717, 1.165) is 32.2 Å². The van der Waals surface area contributed by atoms with Crippen molar-refractivity contribution in [1.29, 1.82) is 0 Å². The molecule has 4 heteroatoms. The lowest BCUT2D eigenvalue weighted by Gasteiger charge is -2.36. The van der Waals surface area contributed by atoms with Crippen molar-refractivity contribution in [2.45, 2.75) is 44.6 Å². The summed E-state index contributed by atoms with van der Waals surface area (Å²) in [6.45, 7) is 2.75. The lowest BCUT2D eigenvalue weighted by atomic mass is 9.95. The normalized spacial score (nSPS) is 18.1. The number of methoxy groups -OCH3 is 1. The number of benzene rings is 1. The number of nitrogens with zero attached hydrogens (tertiary/aromatic N) is 1. The highest BCUT2D eigenvalue weighted by atomic mass is 16.5. The Kier molecular flexibility index (Phi) is 8.12. The largest absolute Gasteiger partial charge is 0.382 e. The summed E-state index contributed by atoms with van der Waals surface area (Å²) >= 11 is 0. The van der Waals surface area contributed by atoms with Crippen molar-refractivity contribution >= 4 is 5.91 Å². The number of ether oxygens (including phenoxy) is 2. The van der Waals surface area contributed by atoms with Gasteiger partial charge in [-0.1, -0.05) is 30.3 Å². The smallest absolute Gasteiger partial charge is 0.222 e. The van der Waals surface area contributed by atoms with Gasteiger partial charge in [-0.25, -0.2) is 0 Å². The molecule has 23 heavy (non-hydrogen) atoms. The topological polar surface area (TPSA) is 38.8 Å². The van der Waals surface area contributed by atoms with Crippen LogP contribution in [0, 0.1) is 0 Å². The van der Waals surface area contributed by atoms with Gasteiger partial charge in [0.05, 0.1) is 13.2 Å². The summed E-state index contributed by atoms with van der Waals surface area (Å²) in [6, 6.07) is 10.8. The maximum absolute atomic E-state index is 12.5. The molecule has 1 aromatic carbocycles. The van der Waals surface area contributed by atoms with Gasteiger partial charge >= 0.3 is 0 Å². The predicted molar refractivity (Wildman–Crippen MR) is 91.4 cm³/mol. The van der Waals surface area contributed by atoms with E-state index >= 15 is 0 Å². The second-order valence-corrected chi connectivity index (χ2v) is 6.14. The van der Waals surface area contributed by atoms with E-state index in [1.54, 1.807) is 7.11 Å². The number of hydrogen-bond acceptors (Lipinski definition) is 3. The van der Waals surface area contributed by atoms with Gasteiger partial charge in [-0.2, -0.15) is 0 Å². The van der Waals surface area contributed by atoms with E-state index in [1.807, 2.05) is 6.07 Å². The van der Waals surface area contributed by atoms with Gasteiger partial charge in [0.2, 0.25) is 5.91 Å². The fourth-order valence-corrected chi connectivity index (χ4v) is 3.14. The van der Waals surface area contributed by atoms with Crippen LogP contribution in [0.2, 0.25) is 0 Å². The Balaban J connectivity index is 1.77. The standard InChI is InChI=1S/C19H29NO3/c1-22-14-15-23-13-7-11-19(21)20-12-6-5-10-18(20)16-17-8-3-2-4-9-17/h2-4,8-9,18H,5-7,10-16H2,1H3/t18-/m0/s1. The van der Waals surface area contributed by atoms with Crippen LogP contribution < -0.4 is 0 Å². The molecule has 0 radical (unpaired) electrons. The third kappa shape index (κ3) is 6.32. The molecule has 0 spiro atoms. The summed E-state index contributed by atoms with van der Waals surface area (Å²) in [4.78, 5) is 14.6. The Morgan fingerprint density at radius 3 is 2.78 bits per heavy atom. The van der Waals surface area contributed by atoms with Crippen LogP contribution in [-0.4, -0.2) is 50.3 Å². The van der Waals surface area contributed by atoms with Gasteiger partial charge < -0.3 is 14.4 Å². The summed E-state index contributed by atoms with van der Waals surface area (Å²) in [7, 11) is 1.66. The minimum Gasteiger partial charge on any atom is -0.382 e. The summed E-state index contributed by atoms with van der Waals surface area (Å²) in [5.41, 5.74) is 1.32. The maximum atomic E-state index is 12.5. The third-order valence-corrected chi connectivity index (χ3v) is 4.37. The molecule has 0 aliphatic carbocycles. The number of rotatable bonds is 9. The van der Waals surface area contributed by atoms with Crippen LogP contribution in [0.15, 0.2) is 30.3 Å².